The number of carbonyl (C=O) groups is 3. The number of para-hydroxylation sites is 1. The number of benzene rings is 2. The fraction of sp³-hybridized carbons (Fsp3) is 0.286. The van der Waals surface area contributed by atoms with E-state index in [9.17, 15) is 14.4 Å². The molecule has 0 radical (unpaired) electrons. The van der Waals surface area contributed by atoms with Crippen LogP contribution in [0.5, 0.6) is 11.5 Å². The molecule has 1 N–H and O–H groups in total. The van der Waals surface area contributed by atoms with Crippen molar-refractivity contribution in [1.82, 2.24) is 5.32 Å². The molecule has 1 aliphatic heterocycles. The summed E-state index contributed by atoms with van der Waals surface area (Å²) in [5.41, 5.74) is 1.70. The molecule has 1 atom stereocenters. The molecule has 2 aromatic carbocycles. The number of fused-ring (bicyclic) bond motifs is 1. The summed E-state index contributed by atoms with van der Waals surface area (Å²) < 4.78 is 10.9. The van der Waals surface area contributed by atoms with Crippen LogP contribution >= 0.6 is 0 Å². The maximum Gasteiger partial charge on any atom is 0.268 e. The van der Waals surface area contributed by atoms with E-state index < -0.39 is 6.10 Å². The second-order valence-electron chi connectivity index (χ2n) is 6.51. The fourth-order valence-electron chi connectivity index (χ4n) is 3.03. The first kappa shape index (κ1) is 19.4. The Balaban J connectivity index is 1.77. The van der Waals surface area contributed by atoms with Crippen molar-refractivity contribution in [2.75, 3.05) is 18.6 Å². The fourth-order valence-corrected chi connectivity index (χ4v) is 3.03. The third-order valence-electron chi connectivity index (χ3n) is 4.54. The molecule has 0 saturated heterocycles. The van der Waals surface area contributed by atoms with Crippen LogP contribution in [0.3, 0.4) is 0 Å². The minimum Gasteiger partial charge on any atom is -0.496 e. The van der Waals surface area contributed by atoms with E-state index in [1.807, 2.05) is 24.3 Å². The van der Waals surface area contributed by atoms with Crippen molar-refractivity contribution in [3.8, 4) is 11.5 Å². The van der Waals surface area contributed by atoms with Crippen molar-refractivity contribution in [2.45, 2.75) is 26.5 Å². The van der Waals surface area contributed by atoms with E-state index in [4.69, 9.17) is 9.47 Å². The highest BCUT2D eigenvalue weighted by atomic mass is 16.5. The predicted octanol–water partition coefficient (Wildman–Crippen LogP) is 2.33. The first-order valence-corrected chi connectivity index (χ1v) is 8.92. The van der Waals surface area contributed by atoms with Crippen molar-refractivity contribution in [3.63, 3.8) is 0 Å². The summed E-state index contributed by atoms with van der Waals surface area (Å²) in [6.07, 6.45) is -0.710. The highest BCUT2D eigenvalue weighted by Gasteiger charge is 2.33. The third kappa shape index (κ3) is 3.98. The minimum atomic E-state index is -0.710. The van der Waals surface area contributed by atoms with Crippen LogP contribution in [0.25, 0.3) is 0 Å². The number of ketones is 1. The summed E-state index contributed by atoms with van der Waals surface area (Å²) >= 11 is 0. The van der Waals surface area contributed by atoms with Crippen LogP contribution in [-0.2, 0) is 16.1 Å². The second kappa shape index (κ2) is 8.12. The summed E-state index contributed by atoms with van der Waals surface area (Å²) in [6.45, 7) is 3.18. The maximum atomic E-state index is 12.6. The average molecular weight is 382 g/mol. The van der Waals surface area contributed by atoms with Gasteiger partial charge in [-0.1, -0.05) is 18.2 Å². The van der Waals surface area contributed by atoms with Gasteiger partial charge in [0.1, 0.15) is 18.0 Å². The number of hydrogen-bond acceptors (Lipinski definition) is 5. The monoisotopic (exact) mass is 382 g/mol. The van der Waals surface area contributed by atoms with E-state index in [-0.39, 0.29) is 30.7 Å². The van der Waals surface area contributed by atoms with E-state index in [0.29, 0.717) is 22.7 Å². The molecule has 0 spiro atoms. The molecule has 1 unspecified atom stereocenters. The van der Waals surface area contributed by atoms with Crippen molar-refractivity contribution in [3.05, 3.63) is 53.6 Å². The Morgan fingerprint density at radius 3 is 2.68 bits per heavy atom. The van der Waals surface area contributed by atoms with Gasteiger partial charge in [0.25, 0.3) is 5.91 Å². The summed E-state index contributed by atoms with van der Waals surface area (Å²) in [4.78, 5) is 38.2. The van der Waals surface area contributed by atoms with Gasteiger partial charge < -0.3 is 14.8 Å². The quantitative estimate of drug-likeness (QED) is 0.775. The molecule has 0 aromatic heterocycles. The summed E-state index contributed by atoms with van der Waals surface area (Å²) in [5.74, 6) is 0.354. The first-order valence-electron chi connectivity index (χ1n) is 8.92. The van der Waals surface area contributed by atoms with Crippen molar-refractivity contribution in [2.24, 2.45) is 0 Å². The number of amides is 2. The van der Waals surface area contributed by atoms with Crippen molar-refractivity contribution < 1.29 is 23.9 Å². The predicted molar refractivity (Wildman–Crippen MR) is 104 cm³/mol. The summed E-state index contributed by atoms with van der Waals surface area (Å²) in [6, 6.07) is 12.2. The van der Waals surface area contributed by atoms with Crippen LogP contribution in [0.15, 0.2) is 42.5 Å². The summed E-state index contributed by atoms with van der Waals surface area (Å²) in [5, 5.41) is 2.80. The van der Waals surface area contributed by atoms with Gasteiger partial charge in [-0.15, -0.1) is 0 Å². The Morgan fingerprint density at radius 2 is 1.96 bits per heavy atom. The van der Waals surface area contributed by atoms with Crippen LogP contribution < -0.4 is 19.7 Å². The molecule has 0 bridgehead atoms. The van der Waals surface area contributed by atoms with Gasteiger partial charge in [0.05, 0.1) is 12.8 Å². The van der Waals surface area contributed by atoms with Crippen LogP contribution in [0.2, 0.25) is 0 Å². The van der Waals surface area contributed by atoms with E-state index in [0.717, 1.165) is 5.56 Å². The third-order valence-corrected chi connectivity index (χ3v) is 4.54. The number of anilines is 1. The van der Waals surface area contributed by atoms with Gasteiger partial charge in [0.2, 0.25) is 5.91 Å². The Kier molecular flexibility index (Phi) is 5.63. The molecule has 3 rings (SSSR count). The number of Topliss-reactive ketones (excluding diaryl/α,β-unsaturated/α-hetero) is 1. The van der Waals surface area contributed by atoms with Crippen LogP contribution in [-0.4, -0.2) is 37.4 Å². The molecule has 2 amide bonds. The number of nitrogens with zero attached hydrogens (tertiary/aromatic N) is 1. The molecule has 7 nitrogen and oxygen atoms in total. The molecule has 0 fully saturated rings. The van der Waals surface area contributed by atoms with Gasteiger partial charge in [-0.2, -0.15) is 0 Å². The Bertz CT molecular complexity index is 925. The van der Waals surface area contributed by atoms with Gasteiger partial charge in [-0.3, -0.25) is 19.3 Å². The highest BCUT2D eigenvalue weighted by Crippen LogP contribution is 2.35. The van der Waals surface area contributed by atoms with Crippen LogP contribution in [0.1, 0.15) is 29.8 Å². The average Bonchev–Trinajstić information content (AvgIpc) is 2.69. The van der Waals surface area contributed by atoms with Gasteiger partial charge in [0, 0.05) is 17.7 Å². The lowest BCUT2D eigenvalue weighted by Gasteiger charge is -2.32. The number of ether oxygens (including phenoxy) is 2. The zero-order valence-electron chi connectivity index (χ0n) is 16.0. The smallest absolute Gasteiger partial charge is 0.268 e. The van der Waals surface area contributed by atoms with Gasteiger partial charge in [0.15, 0.2) is 11.9 Å². The van der Waals surface area contributed by atoms with E-state index in [1.54, 1.807) is 32.2 Å². The second-order valence-corrected chi connectivity index (χ2v) is 6.51. The summed E-state index contributed by atoms with van der Waals surface area (Å²) in [7, 11) is 1.57. The van der Waals surface area contributed by atoms with Crippen LogP contribution in [0.4, 0.5) is 5.69 Å². The number of rotatable bonds is 6. The molecule has 2 aromatic rings. The van der Waals surface area contributed by atoms with E-state index in [2.05, 4.69) is 5.32 Å². The number of hydrogen-bond donors (Lipinski definition) is 1. The zero-order chi connectivity index (χ0) is 20.3. The Morgan fingerprint density at radius 1 is 1.21 bits per heavy atom. The largest absolute Gasteiger partial charge is 0.496 e. The standard InChI is InChI=1S/C21H22N2O5/c1-13(24)15-8-9-19-17(10-15)23(21(26)14(2)28-19)12-20(25)22-11-16-6-4-5-7-18(16)27-3/h4-10,14H,11-12H2,1-3H3,(H,22,25). The number of nitrogens with one attached hydrogen (secondary N) is 1. The molecular weight excluding hydrogens is 360 g/mol. The van der Waals surface area contributed by atoms with Crippen LogP contribution in [0, 0.1) is 0 Å². The molecule has 1 heterocycles. The molecule has 0 saturated carbocycles. The lowest BCUT2D eigenvalue weighted by atomic mass is 10.1. The first-order chi connectivity index (χ1) is 13.4. The molecule has 0 aliphatic carbocycles. The molecule has 7 heteroatoms. The van der Waals surface area contributed by atoms with Crippen molar-refractivity contribution in [1.29, 1.82) is 0 Å². The zero-order valence-corrected chi connectivity index (χ0v) is 16.0. The lowest BCUT2D eigenvalue weighted by molar-refractivity contribution is -0.128. The minimum absolute atomic E-state index is 0.130. The van der Waals surface area contributed by atoms with Gasteiger partial charge in [-0.25, -0.2) is 0 Å². The topological polar surface area (TPSA) is 84.9 Å². The maximum absolute atomic E-state index is 12.6. The number of methoxy groups -OCH3 is 1. The van der Waals surface area contributed by atoms with Crippen molar-refractivity contribution >= 4 is 23.3 Å². The Labute approximate surface area is 163 Å². The van der Waals surface area contributed by atoms with Gasteiger partial charge in [-0.05, 0) is 38.1 Å². The molecular formula is C21H22N2O5. The highest BCUT2D eigenvalue weighted by molar-refractivity contribution is 6.05. The lowest BCUT2D eigenvalue weighted by Crippen LogP contribution is -2.48. The number of carbonyl (C=O) groups excluding carboxylic acids is 3. The van der Waals surface area contributed by atoms with E-state index in [1.165, 1.54) is 11.8 Å². The van der Waals surface area contributed by atoms with E-state index >= 15 is 0 Å². The normalized spacial score (nSPS) is 15.5. The molecule has 28 heavy (non-hydrogen) atoms. The molecule has 146 valence electrons. The van der Waals surface area contributed by atoms with Gasteiger partial charge >= 0.3 is 0 Å². The SMILES string of the molecule is COc1ccccc1CNC(=O)CN1C(=O)C(C)Oc2ccc(C(C)=O)cc21. The Hall–Kier alpha value is -3.35. The molecule has 1 aliphatic rings.